The summed E-state index contributed by atoms with van der Waals surface area (Å²) in [4.78, 5) is 30.7. The Morgan fingerprint density at radius 3 is 2.37 bits per heavy atom. The second-order valence-corrected chi connectivity index (χ2v) is 7.19. The molecule has 0 bridgehead atoms. The number of pyridine rings is 1. The Labute approximate surface area is 175 Å². The van der Waals surface area contributed by atoms with Gasteiger partial charge in [0.1, 0.15) is 11.9 Å². The van der Waals surface area contributed by atoms with Crippen LogP contribution < -0.4 is 10.1 Å². The molecule has 30 heavy (non-hydrogen) atoms. The van der Waals surface area contributed by atoms with E-state index in [9.17, 15) is 9.59 Å². The molecule has 1 N–H and O–H groups in total. The van der Waals surface area contributed by atoms with Crippen molar-refractivity contribution in [2.45, 2.75) is 18.9 Å². The number of carbonyl (C=O) groups excluding carboxylic acids is 2. The number of piperidine rings is 1. The third-order valence-electron chi connectivity index (χ3n) is 5.09. The van der Waals surface area contributed by atoms with Gasteiger partial charge in [-0.2, -0.15) is 0 Å². The maximum absolute atomic E-state index is 12.5. The molecule has 2 aromatic carbocycles. The topological polar surface area (TPSA) is 71.5 Å². The fourth-order valence-electron chi connectivity index (χ4n) is 3.49. The summed E-state index contributed by atoms with van der Waals surface area (Å²) in [5, 5.41) is 2.90. The highest BCUT2D eigenvalue weighted by Crippen LogP contribution is 2.23. The molecule has 2 amide bonds. The van der Waals surface area contributed by atoms with Gasteiger partial charge in [0, 0.05) is 61.2 Å². The van der Waals surface area contributed by atoms with E-state index < -0.39 is 0 Å². The molecule has 2 heterocycles. The first-order valence-corrected chi connectivity index (χ1v) is 10.0. The summed E-state index contributed by atoms with van der Waals surface area (Å²) in [5.41, 5.74) is 1.95. The minimum atomic E-state index is -0.157. The molecule has 0 aliphatic carbocycles. The van der Waals surface area contributed by atoms with Crippen molar-refractivity contribution in [3.05, 3.63) is 90.3 Å². The number of nitrogens with zero attached hydrogens (tertiary/aromatic N) is 2. The van der Waals surface area contributed by atoms with E-state index in [4.69, 9.17) is 4.74 Å². The monoisotopic (exact) mass is 401 g/mol. The van der Waals surface area contributed by atoms with E-state index in [0.29, 0.717) is 35.7 Å². The van der Waals surface area contributed by atoms with E-state index in [1.807, 2.05) is 47.4 Å². The summed E-state index contributed by atoms with van der Waals surface area (Å²) in [5.74, 6) is 0.580. The lowest BCUT2D eigenvalue weighted by Crippen LogP contribution is -2.41. The highest BCUT2D eigenvalue weighted by molar-refractivity contribution is 6.04. The summed E-state index contributed by atoms with van der Waals surface area (Å²) < 4.78 is 6.12. The largest absolute Gasteiger partial charge is 0.490 e. The van der Waals surface area contributed by atoms with Crippen molar-refractivity contribution >= 4 is 17.5 Å². The molecule has 6 heteroatoms. The Kier molecular flexibility index (Phi) is 6.03. The molecule has 152 valence electrons. The number of benzene rings is 2. The quantitative estimate of drug-likeness (QED) is 0.701. The number of anilines is 1. The van der Waals surface area contributed by atoms with Crippen molar-refractivity contribution in [3.63, 3.8) is 0 Å². The molecule has 0 atom stereocenters. The molecular weight excluding hydrogens is 378 g/mol. The molecule has 1 aromatic heterocycles. The molecule has 0 spiro atoms. The van der Waals surface area contributed by atoms with Gasteiger partial charge in [0.25, 0.3) is 11.8 Å². The van der Waals surface area contributed by atoms with Gasteiger partial charge in [-0.25, -0.2) is 0 Å². The Balaban J connectivity index is 1.32. The summed E-state index contributed by atoms with van der Waals surface area (Å²) in [6.07, 6.45) is 4.82. The van der Waals surface area contributed by atoms with E-state index in [2.05, 4.69) is 10.3 Å². The van der Waals surface area contributed by atoms with Gasteiger partial charge in [0.2, 0.25) is 0 Å². The fourth-order valence-corrected chi connectivity index (χ4v) is 3.49. The van der Waals surface area contributed by atoms with Gasteiger partial charge in [0.15, 0.2) is 0 Å². The highest BCUT2D eigenvalue weighted by Gasteiger charge is 2.24. The minimum absolute atomic E-state index is 0.0291. The Hall–Kier alpha value is -3.67. The van der Waals surface area contributed by atoms with Crippen molar-refractivity contribution in [1.82, 2.24) is 9.88 Å². The molecule has 1 aliphatic rings. The van der Waals surface area contributed by atoms with E-state index in [-0.39, 0.29) is 17.9 Å². The third-order valence-corrected chi connectivity index (χ3v) is 5.09. The average Bonchev–Trinajstić information content (AvgIpc) is 2.80. The van der Waals surface area contributed by atoms with Crippen LogP contribution in [0.25, 0.3) is 0 Å². The molecular formula is C24H23N3O3. The molecule has 3 aromatic rings. The van der Waals surface area contributed by atoms with Crippen molar-refractivity contribution < 1.29 is 14.3 Å². The average molecular weight is 401 g/mol. The molecule has 0 radical (unpaired) electrons. The minimum Gasteiger partial charge on any atom is -0.490 e. The van der Waals surface area contributed by atoms with Gasteiger partial charge in [-0.05, 0) is 36.4 Å². The van der Waals surface area contributed by atoms with Crippen LogP contribution in [0, 0.1) is 0 Å². The lowest BCUT2D eigenvalue weighted by atomic mass is 10.1. The molecule has 1 fully saturated rings. The third kappa shape index (κ3) is 4.84. The van der Waals surface area contributed by atoms with E-state index >= 15 is 0 Å². The number of ether oxygens (including phenoxy) is 1. The zero-order valence-electron chi connectivity index (χ0n) is 16.5. The maximum Gasteiger partial charge on any atom is 0.255 e. The summed E-state index contributed by atoms with van der Waals surface area (Å²) in [7, 11) is 0. The van der Waals surface area contributed by atoms with Gasteiger partial charge in [0.05, 0.1) is 0 Å². The maximum atomic E-state index is 12.5. The van der Waals surface area contributed by atoms with Crippen LogP contribution in [0.1, 0.15) is 33.6 Å². The number of nitrogens with one attached hydrogen (secondary N) is 1. The summed E-state index contributed by atoms with van der Waals surface area (Å²) in [6.45, 7) is 1.30. The van der Waals surface area contributed by atoms with Crippen molar-refractivity contribution in [2.75, 3.05) is 18.4 Å². The first-order valence-electron chi connectivity index (χ1n) is 10.0. The van der Waals surface area contributed by atoms with Crippen LogP contribution in [0.2, 0.25) is 0 Å². The number of aromatic nitrogens is 1. The Morgan fingerprint density at radius 1 is 0.900 bits per heavy atom. The molecule has 0 unspecified atom stereocenters. The first-order chi connectivity index (χ1) is 14.7. The SMILES string of the molecule is O=C(Nc1cccc(OC2CCN(C(=O)c3ccncc3)CC2)c1)c1ccccc1. The van der Waals surface area contributed by atoms with Gasteiger partial charge in [-0.1, -0.05) is 24.3 Å². The zero-order valence-corrected chi connectivity index (χ0v) is 16.5. The van der Waals surface area contributed by atoms with Crippen LogP contribution in [-0.2, 0) is 0 Å². The van der Waals surface area contributed by atoms with Gasteiger partial charge in [-0.15, -0.1) is 0 Å². The normalized spacial score (nSPS) is 14.2. The second kappa shape index (κ2) is 9.22. The van der Waals surface area contributed by atoms with Gasteiger partial charge < -0.3 is 15.0 Å². The Bertz CT molecular complexity index is 1000. The summed E-state index contributed by atoms with van der Waals surface area (Å²) >= 11 is 0. The molecule has 4 rings (SSSR count). The predicted molar refractivity (Wildman–Crippen MR) is 115 cm³/mol. The van der Waals surface area contributed by atoms with Gasteiger partial charge in [-0.3, -0.25) is 14.6 Å². The number of rotatable bonds is 5. The smallest absolute Gasteiger partial charge is 0.255 e. The van der Waals surface area contributed by atoms with Crippen LogP contribution in [0.15, 0.2) is 79.1 Å². The second-order valence-electron chi connectivity index (χ2n) is 7.19. The van der Waals surface area contributed by atoms with Gasteiger partial charge >= 0.3 is 0 Å². The van der Waals surface area contributed by atoms with Crippen molar-refractivity contribution in [2.24, 2.45) is 0 Å². The lowest BCUT2D eigenvalue weighted by Gasteiger charge is -2.32. The van der Waals surface area contributed by atoms with Crippen LogP contribution in [-0.4, -0.2) is 40.9 Å². The summed E-state index contributed by atoms with van der Waals surface area (Å²) in [6, 6.07) is 20.0. The van der Waals surface area contributed by atoms with Crippen molar-refractivity contribution in [3.8, 4) is 5.75 Å². The number of amides is 2. The number of carbonyl (C=O) groups is 2. The molecule has 1 saturated heterocycles. The van der Waals surface area contributed by atoms with Crippen LogP contribution >= 0.6 is 0 Å². The zero-order chi connectivity index (χ0) is 20.8. The fraction of sp³-hybridized carbons (Fsp3) is 0.208. The standard InChI is InChI=1S/C24H23N3O3/c28-23(18-5-2-1-3-6-18)26-20-7-4-8-22(17-20)30-21-11-15-27(16-12-21)24(29)19-9-13-25-14-10-19/h1-10,13-14,17,21H,11-12,15-16H2,(H,26,28). The van der Waals surface area contributed by atoms with Crippen LogP contribution in [0.4, 0.5) is 5.69 Å². The lowest BCUT2D eigenvalue weighted by molar-refractivity contribution is 0.0595. The van der Waals surface area contributed by atoms with Crippen LogP contribution in [0.5, 0.6) is 5.75 Å². The number of hydrogen-bond acceptors (Lipinski definition) is 4. The first kappa shape index (κ1) is 19.6. The molecule has 6 nitrogen and oxygen atoms in total. The van der Waals surface area contributed by atoms with Crippen molar-refractivity contribution in [1.29, 1.82) is 0 Å². The van der Waals surface area contributed by atoms with Crippen LogP contribution in [0.3, 0.4) is 0 Å². The highest BCUT2D eigenvalue weighted by atomic mass is 16.5. The molecule has 1 aliphatic heterocycles. The number of likely N-dealkylation sites (tertiary alicyclic amines) is 1. The van der Waals surface area contributed by atoms with E-state index in [1.54, 1.807) is 36.7 Å². The number of hydrogen-bond donors (Lipinski definition) is 1. The van der Waals surface area contributed by atoms with E-state index in [1.165, 1.54) is 0 Å². The van der Waals surface area contributed by atoms with E-state index in [0.717, 1.165) is 12.8 Å². The Morgan fingerprint density at radius 2 is 1.63 bits per heavy atom. The molecule has 0 saturated carbocycles. The predicted octanol–water partition coefficient (Wildman–Crippen LogP) is 4.02.